The molecule has 1 aliphatic rings. The van der Waals surface area contributed by atoms with E-state index in [0.29, 0.717) is 5.57 Å². The first-order chi connectivity index (χ1) is 7.10. The summed E-state index contributed by atoms with van der Waals surface area (Å²) in [5, 5.41) is 17.2. The van der Waals surface area contributed by atoms with Crippen molar-refractivity contribution in [1.82, 2.24) is 4.90 Å². The third-order valence-electron chi connectivity index (χ3n) is 2.19. The van der Waals surface area contributed by atoms with Crippen LogP contribution in [0.5, 0.6) is 0 Å². The summed E-state index contributed by atoms with van der Waals surface area (Å²) in [5.41, 5.74) is 0.621. The number of carboxylic acid groups (broad SMARTS) is 1. The van der Waals surface area contributed by atoms with E-state index in [9.17, 15) is 9.59 Å². The molecule has 1 N–H and O–H groups in total. The van der Waals surface area contributed by atoms with Crippen LogP contribution in [0, 0.1) is 11.3 Å². The summed E-state index contributed by atoms with van der Waals surface area (Å²) in [6.07, 6.45) is 0.303. The minimum absolute atomic E-state index is 0.0860. The molecule has 0 aromatic heterocycles. The Bertz CT molecular complexity index is 356. The molecule has 6 heteroatoms. The summed E-state index contributed by atoms with van der Waals surface area (Å²) >= 11 is 0. The van der Waals surface area contributed by atoms with Gasteiger partial charge in [0.2, 0.25) is 0 Å². The SMILES string of the molecule is COC(=O)C1C/C(=C\C#N)CN1C(=O)O. The lowest BCUT2D eigenvalue weighted by atomic mass is 10.1. The van der Waals surface area contributed by atoms with Crippen molar-refractivity contribution in [1.29, 1.82) is 5.26 Å². The normalized spacial score (nSPS) is 22.5. The Kier molecular flexibility index (Phi) is 3.29. The lowest BCUT2D eigenvalue weighted by molar-refractivity contribution is -0.145. The lowest BCUT2D eigenvalue weighted by Gasteiger charge is -2.17. The smallest absolute Gasteiger partial charge is 0.408 e. The van der Waals surface area contributed by atoms with E-state index in [1.165, 1.54) is 13.2 Å². The summed E-state index contributed by atoms with van der Waals surface area (Å²) in [6, 6.07) is 0.986. The highest BCUT2D eigenvalue weighted by Gasteiger charge is 2.37. The number of carbonyl (C=O) groups excluding carboxylic acids is 1. The van der Waals surface area contributed by atoms with E-state index >= 15 is 0 Å². The maximum atomic E-state index is 11.2. The Morgan fingerprint density at radius 2 is 2.40 bits per heavy atom. The van der Waals surface area contributed by atoms with Crippen molar-refractivity contribution in [3.63, 3.8) is 0 Å². The number of methoxy groups -OCH3 is 1. The minimum Gasteiger partial charge on any atom is -0.467 e. The summed E-state index contributed by atoms with van der Waals surface area (Å²) in [7, 11) is 1.20. The van der Waals surface area contributed by atoms with Crippen LogP contribution in [0.25, 0.3) is 0 Å². The number of hydrogen-bond acceptors (Lipinski definition) is 4. The average molecular weight is 210 g/mol. The second kappa shape index (κ2) is 4.46. The van der Waals surface area contributed by atoms with Crippen LogP contribution in [-0.4, -0.2) is 41.8 Å². The van der Waals surface area contributed by atoms with Crippen molar-refractivity contribution in [2.75, 3.05) is 13.7 Å². The molecule has 0 aliphatic carbocycles. The van der Waals surface area contributed by atoms with Crippen molar-refractivity contribution in [3.8, 4) is 6.07 Å². The molecule has 0 aromatic rings. The van der Waals surface area contributed by atoms with Crippen molar-refractivity contribution >= 4 is 12.1 Å². The molecule has 0 bridgehead atoms. The fourth-order valence-corrected chi connectivity index (χ4v) is 1.50. The molecule has 6 nitrogen and oxygen atoms in total. The highest BCUT2D eigenvalue weighted by atomic mass is 16.5. The number of esters is 1. The summed E-state index contributed by atoms with van der Waals surface area (Å²) < 4.78 is 4.49. The van der Waals surface area contributed by atoms with Gasteiger partial charge in [0, 0.05) is 19.0 Å². The number of allylic oxidation sites excluding steroid dienone is 1. The fourth-order valence-electron chi connectivity index (χ4n) is 1.50. The largest absolute Gasteiger partial charge is 0.467 e. The number of nitriles is 1. The van der Waals surface area contributed by atoms with Crippen LogP contribution in [0.15, 0.2) is 11.6 Å². The van der Waals surface area contributed by atoms with Crippen LogP contribution in [0.1, 0.15) is 6.42 Å². The second-order valence-electron chi connectivity index (χ2n) is 3.09. The predicted molar refractivity (Wildman–Crippen MR) is 48.8 cm³/mol. The summed E-state index contributed by atoms with van der Waals surface area (Å²) in [4.78, 5) is 23.0. The van der Waals surface area contributed by atoms with E-state index < -0.39 is 18.1 Å². The van der Waals surface area contributed by atoms with Gasteiger partial charge in [0.15, 0.2) is 0 Å². The van der Waals surface area contributed by atoms with E-state index in [-0.39, 0.29) is 13.0 Å². The molecule has 1 unspecified atom stereocenters. The van der Waals surface area contributed by atoms with Gasteiger partial charge in [0.25, 0.3) is 0 Å². The highest BCUT2D eigenvalue weighted by Crippen LogP contribution is 2.23. The van der Waals surface area contributed by atoms with Gasteiger partial charge in [-0.1, -0.05) is 0 Å². The lowest BCUT2D eigenvalue weighted by Crippen LogP contribution is -2.40. The maximum Gasteiger partial charge on any atom is 0.408 e. The molecule has 1 fully saturated rings. The number of hydrogen-bond donors (Lipinski definition) is 1. The minimum atomic E-state index is -1.19. The average Bonchev–Trinajstić information content (AvgIpc) is 2.61. The van der Waals surface area contributed by atoms with Gasteiger partial charge < -0.3 is 9.84 Å². The zero-order valence-corrected chi connectivity index (χ0v) is 8.14. The molecule has 0 radical (unpaired) electrons. The molecule has 0 aromatic carbocycles. The first kappa shape index (κ1) is 11.0. The first-order valence-electron chi connectivity index (χ1n) is 4.25. The molecule has 1 rings (SSSR count). The third kappa shape index (κ3) is 2.26. The molecule has 0 saturated carbocycles. The van der Waals surface area contributed by atoms with Crippen LogP contribution < -0.4 is 0 Å². The quantitative estimate of drug-likeness (QED) is 0.498. The molecule has 15 heavy (non-hydrogen) atoms. The number of nitrogens with zero attached hydrogens (tertiary/aromatic N) is 2. The molecular weight excluding hydrogens is 200 g/mol. The summed E-state index contributed by atoms with van der Waals surface area (Å²) in [5.74, 6) is -0.598. The molecule has 80 valence electrons. The van der Waals surface area contributed by atoms with Crippen LogP contribution >= 0.6 is 0 Å². The zero-order valence-electron chi connectivity index (χ0n) is 8.14. The summed E-state index contributed by atoms with van der Waals surface area (Å²) in [6.45, 7) is 0.0860. The number of rotatable bonds is 1. The van der Waals surface area contributed by atoms with Crippen LogP contribution in [0.2, 0.25) is 0 Å². The monoisotopic (exact) mass is 210 g/mol. The van der Waals surface area contributed by atoms with Gasteiger partial charge in [-0.15, -0.1) is 0 Å². The molecular formula is C9H10N2O4. The van der Waals surface area contributed by atoms with E-state index in [0.717, 1.165) is 4.90 Å². The Balaban J connectivity index is 2.87. The predicted octanol–water partition coefficient (Wildman–Crippen LogP) is 0.362. The van der Waals surface area contributed by atoms with Gasteiger partial charge in [-0.2, -0.15) is 5.26 Å². The molecule has 0 spiro atoms. The Morgan fingerprint density at radius 1 is 1.73 bits per heavy atom. The van der Waals surface area contributed by atoms with E-state index in [2.05, 4.69) is 4.74 Å². The second-order valence-corrected chi connectivity index (χ2v) is 3.09. The van der Waals surface area contributed by atoms with Gasteiger partial charge in [-0.05, 0) is 5.57 Å². The van der Waals surface area contributed by atoms with E-state index in [4.69, 9.17) is 10.4 Å². The molecule has 1 saturated heterocycles. The van der Waals surface area contributed by atoms with Crippen molar-refractivity contribution < 1.29 is 19.4 Å². The van der Waals surface area contributed by atoms with Crippen LogP contribution in [0.3, 0.4) is 0 Å². The number of likely N-dealkylation sites (tertiary alicyclic amines) is 1. The van der Waals surface area contributed by atoms with Crippen LogP contribution in [0.4, 0.5) is 4.79 Å². The highest BCUT2D eigenvalue weighted by molar-refractivity contribution is 5.82. The van der Waals surface area contributed by atoms with Crippen molar-refractivity contribution in [2.45, 2.75) is 12.5 Å². The Labute approximate surface area is 86.3 Å². The van der Waals surface area contributed by atoms with E-state index in [1.54, 1.807) is 0 Å². The third-order valence-corrected chi connectivity index (χ3v) is 2.19. The van der Waals surface area contributed by atoms with Gasteiger partial charge in [0.1, 0.15) is 6.04 Å². The van der Waals surface area contributed by atoms with E-state index in [1.807, 2.05) is 6.07 Å². The van der Waals surface area contributed by atoms with Gasteiger partial charge in [-0.25, -0.2) is 9.59 Å². The number of amides is 1. The van der Waals surface area contributed by atoms with Crippen molar-refractivity contribution in [3.05, 3.63) is 11.6 Å². The fraction of sp³-hybridized carbons (Fsp3) is 0.444. The van der Waals surface area contributed by atoms with Crippen molar-refractivity contribution in [2.24, 2.45) is 0 Å². The molecule has 1 amide bonds. The molecule has 1 atom stereocenters. The zero-order chi connectivity index (χ0) is 11.4. The molecule has 1 heterocycles. The van der Waals surface area contributed by atoms with Gasteiger partial charge in [0.05, 0.1) is 13.2 Å². The Hall–Kier alpha value is -2.03. The van der Waals surface area contributed by atoms with Gasteiger partial charge in [-0.3, -0.25) is 4.90 Å². The van der Waals surface area contributed by atoms with Gasteiger partial charge >= 0.3 is 12.1 Å². The topological polar surface area (TPSA) is 90.6 Å². The van der Waals surface area contributed by atoms with Crippen LogP contribution in [-0.2, 0) is 9.53 Å². The number of carbonyl (C=O) groups is 2. The molecule has 1 aliphatic heterocycles. The first-order valence-corrected chi connectivity index (χ1v) is 4.25. The maximum absolute atomic E-state index is 11.2. The Morgan fingerprint density at radius 3 is 2.87 bits per heavy atom. The standard InChI is InChI=1S/C9H10N2O4/c1-15-8(12)7-4-6(2-3-10)5-11(7)9(13)14/h2,7H,4-5H2,1H3,(H,13,14)/b6-2+. The number of ether oxygens (including phenoxy) is 1.